The minimum absolute atomic E-state index is 0.0974. The Hall–Kier alpha value is -1.46. The van der Waals surface area contributed by atoms with E-state index >= 15 is 0 Å². The summed E-state index contributed by atoms with van der Waals surface area (Å²) in [6.45, 7) is 5.43. The molecule has 3 aliphatic rings. The first kappa shape index (κ1) is 16.0. The number of ether oxygens (including phenoxy) is 1. The van der Waals surface area contributed by atoms with Gasteiger partial charge in [0.2, 0.25) is 5.91 Å². The standard InChI is InChI=1S/C19H25FN2O2/c20-15-5-3-14(4-6-15)17-12-18(17)19(23)22-9-7-21(8-10-22)13-16-2-1-11-24-16/h3-6,16-18H,1-2,7-13H2. The van der Waals surface area contributed by atoms with Crippen LogP contribution in [0.4, 0.5) is 4.39 Å². The molecule has 1 aromatic carbocycles. The van der Waals surface area contributed by atoms with Gasteiger partial charge in [-0.15, -0.1) is 0 Å². The molecule has 0 N–H and O–H groups in total. The van der Waals surface area contributed by atoms with E-state index in [2.05, 4.69) is 4.90 Å². The largest absolute Gasteiger partial charge is 0.377 e. The summed E-state index contributed by atoms with van der Waals surface area (Å²) >= 11 is 0. The van der Waals surface area contributed by atoms with Crippen LogP contribution in [0.15, 0.2) is 24.3 Å². The Bertz CT molecular complexity index is 578. The average molecular weight is 332 g/mol. The van der Waals surface area contributed by atoms with Crippen molar-refractivity contribution in [2.24, 2.45) is 5.92 Å². The number of carbonyl (C=O) groups is 1. The molecule has 2 saturated heterocycles. The number of rotatable bonds is 4. The number of hydrogen-bond donors (Lipinski definition) is 0. The Kier molecular flexibility index (Phi) is 4.55. The summed E-state index contributed by atoms with van der Waals surface area (Å²) in [6.07, 6.45) is 3.63. The molecule has 0 radical (unpaired) electrons. The van der Waals surface area contributed by atoms with E-state index in [0.29, 0.717) is 6.10 Å². The fourth-order valence-corrected chi connectivity index (χ4v) is 4.01. The molecule has 2 heterocycles. The van der Waals surface area contributed by atoms with Crippen molar-refractivity contribution in [2.75, 3.05) is 39.3 Å². The van der Waals surface area contributed by atoms with Gasteiger partial charge < -0.3 is 9.64 Å². The number of hydrogen-bond acceptors (Lipinski definition) is 3. The lowest BCUT2D eigenvalue weighted by Gasteiger charge is -2.36. The Labute approximate surface area is 142 Å². The number of carbonyl (C=O) groups excluding carboxylic acids is 1. The molecule has 0 bridgehead atoms. The van der Waals surface area contributed by atoms with Gasteiger partial charge in [-0.2, -0.15) is 0 Å². The summed E-state index contributed by atoms with van der Waals surface area (Å²) in [7, 11) is 0. The quantitative estimate of drug-likeness (QED) is 0.848. The zero-order valence-corrected chi connectivity index (χ0v) is 14.0. The highest BCUT2D eigenvalue weighted by atomic mass is 19.1. The number of benzene rings is 1. The van der Waals surface area contributed by atoms with E-state index in [1.807, 2.05) is 17.0 Å². The molecule has 4 nitrogen and oxygen atoms in total. The Morgan fingerprint density at radius 3 is 2.58 bits per heavy atom. The minimum atomic E-state index is -0.218. The van der Waals surface area contributed by atoms with Gasteiger partial charge in [-0.25, -0.2) is 4.39 Å². The Morgan fingerprint density at radius 2 is 1.92 bits per heavy atom. The van der Waals surface area contributed by atoms with E-state index in [0.717, 1.165) is 51.3 Å². The lowest BCUT2D eigenvalue weighted by molar-refractivity contribution is -0.134. The molecule has 1 aliphatic carbocycles. The minimum Gasteiger partial charge on any atom is -0.377 e. The van der Waals surface area contributed by atoms with Gasteiger partial charge in [-0.1, -0.05) is 12.1 Å². The summed E-state index contributed by atoms with van der Waals surface area (Å²) in [5, 5.41) is 0. The molecular formula is C19H25FN2O2. The normalized spacial score (nSPS) is 30.5. The molecule has 3 unspecified atom stereocenters. The van der Waals surface area contributed by atoms with Crippen LogP contribution in [0.25, 0.3) is 0 Å². The van der Waals surface area contributed by atoms with Crippen LogP contribution in [-0.4, -0.2) is 61.1 Å². The number of halogens is 1. The number of amides is 1. The number of nitrogens with zero attached hydrogens (tertiary/aromatic N) is 2. The SMILES string of the molecule is O=C(C1CC1c1ccc(F)cc1)N1CCN(CC2CCCO2)CC1. The van der Waals surface area contributed by atoms with Crippen molar-refractivity contribution >= 4 is 5.91 Å². The third kappa shape index (κ3) is 3.47. The van der Waals surface area contributed by atoms with Gasteiger partial charge in [0.05, 0.1) is 6.10 Å². The van der Waals surface area contributed by atoms with Crippen molar-refractivity contribution in [1.82, 2.24) is 9.80 Å². The van der Waals surface area contributed by atoms with Crippen molar-refractivity contribution in [3.8, 4) is 0 Å². The van der Waals surface area contributed by atoms with Gasteiger partial charge in [0.1, 0.15) is 5.82 Å². The summed E-state index contributed by atoms with van der Waals surface area (Å²) < 4.78 is 18.7. The third-order valence-corrected chi connectivity index (χ3v) is 5.58. The third-order valence-electron chi connectivity index (χ3n) is 5.58. The van der Waals surface area contributed by atoms with Gasteiger partial charge in [-0.3, -0.25) is 9.69 Å². The van der Waals surface area contributed by atoms with Crippen LogP contribution < -0.4 is 0 Å². The van der Waals surface area contributed by atoms with E-state index in [9.17, 15) is 9.18 Å². The predicted molar refractivity (Wildman–Crippen MR) is 89.2 cm³/mol. The van der Waals surface area contributed by atoms with E-state index in [1.165, 1.54) is 25.0 Å². The second kappa shape index (κ2) is 6.81. The first-order chi connectivity index (χ1) is 11.7. The van der Waals surface area contributed by atoms with Gasteiger partial charge in [-0.05, 0) is 42.9 Å². The molecule has 3 fully saturated rings. The Morgan fingerprint density at radius 1 is 1.17 bits per heavy atom. The molecule has 4 rings (SSSR count). The smallest absolute Gasteiger partial charge is 0.226 e. The van der Waals surface area contributed by atoms with Crippen molar-refractivity contribution in [2.45, 2.75) is 31.3 Å². The van der Waals surface area contributed by atoms with Gasteiger partial charge >= 0.3 is 0 Å². The van der Waals surface area contributed by atoms with Crippen molar-refractivity contribution < 1.29 is 13.9 Å². The van der Waals surface area contributed by atoms with Crippen molar-refractivity contribution in [1.29, 1.82) is 0 Å². The topological polar surface area (TPSA) is 32.8 Å². The zero-order valence-electron chi connectivity index (χ0n) is 14.0. The van der Waals surface area contributed by atoms with Gasteiger partial charge in [0.15, 0.2) is 0 Å². The summed E-state index contributed by atoms with van der Waals surface area (Å²) in [5.41, 5.74) is 1.09. The highest BCUT2D eigenvalue weighted by Crippen LogP contribution is 2.48. The monoisotopic (exact) mass is 332 g/mol. The summed E-state index contributed by atoms with van der Waals surface area (Å²) in [5.74, 6) is 0.439. The maximum atomic E-state index is 13.0. The highest BCUT2D eigenvalue weighted by Gasteiger charge is 2.46. The van der Waals surface area contributed by atoms with Crippen LogP contribution in [0.3, 0.4) is 0 Å². The fourth-order valence-electron chi connectivity index (χ4n) is 4.01. The first-order valence-corrected chi connectivity index (χ1v) is 9.09. The summed E-state index contributed by atoms with van der Waals surface area (Å²) in [6, 6.07) is 6.59. The molecule has 0 aromatic heterocycles. The maximum absolute atomic E-state index is 13.0. The molecule has 0 spiro atoms. The van der Waals surface area contributed by atoms with Gasteiger partial charge in [0, 0.05) is 45.2 Å². The Balaban J connectivity index is 1.25. The van der Waals surface area contributed by atoms with E-state index in [1.54, 1.807) is 0 Å². The van der Waals surface area contributed by atoms with Crippen molar-refractivity contribution in [3.05, 3.63) is 35.6 Å². The molecule has 1 aromatic rings. The average Bonchev–Trinajstić information content (AvgIpc) is 3.24. The molecule has 2 aliphatic heterocycles. The molecule has 24 heavy (non-hydrogen) atoms. The molecule has 1 amide bonds. The predicted octanol–water partition coefficient (Wildman–Crippen LogP) is 2.25. The van der Waals surface area contributed by atoms with Crippen LogP contribution in [0, 0.1) is 11.7 Å². The molecular weight excluding hydrogens is 307 g/mol. The molecule has 5 heteroatoms. The van der Waals surface area contributed by atoms with Crippen LogP contribution in [0.5, 0.6) is 0 Å². The van der Waals surface area contributed by atoms with E-state index in [-0.39, 0.29) is 23.6 Å². The molecule has 1 saturated carbocycles. The zero-order chi connectivity index (χ0) is 16.5. The fraction of sp³-hybridized carbons (Fsp3) is 0.632. The van der Waals surface area contributed by atoms with Crippen LogP contribution in [-0.2, 0) is 9.53 Å². The second-order valence-corrected chi connectivity index (χ2v) is 7.26. The summed E-state index contributed by atoms with van der Waals surface area (Å²) in [4.78, 5) is 17.1. The molecule has 130 valence electrons. The van der Waals surface area contributed by atoms with Crippen LogP contribution >= 0.6 is 0 Å². The van der Waals surface area contributed by atoms with Gasteiger partial charge in [0.25, 0.3) is 0 Å². The maximum Gasteiger partial charge on any atom is 0.226 e. The first-order valence-electron chi connectivity index (χ1n) is 9.09. The lowest BCUT2D eigenvalue weighted by Crippen LogP contribution is -2.50. The second-order valence-electron chi connectivity index (χ2n) is 7.26. The van der Waals surface area contributed by atoms with Crippen molar-refractivity contribution in [3.63, 3.8) is 0 Å². The van der Waals surface area contributed by atoms with Crippen LogP contribution in [0.1, 0.15) is 30.7 Å². The molecule has 3 atom stereocenters. The van der Waals surface area contributed by atoms with E-state index in [4.69, 9.17) is 4.74 Å². The van der Waals surface area contributed by atoms with Crippen LogP contribution in [0.2, 0.25) is 0 Å². The number of piperazine rings is 1. The lowest BCUT2D eigenvalue weighted by atomic mass is 10.1. The van der Waals surface area contributed by atoms with E-state index < -0.39 is 0 Å². The highest BCUT2D eigenvalue weighted by molar-refractivity contribution is 5.83.